The van der Waals surface area contributed by atoms with Crippen molar-refractivity contribution in [1.82, 2.24) is 4.98 Å². The van der Waals surface area contributed by atoms with Crippen molar-refractivity contribution in [2.75, 3.05) is 23.4 Å². The van der Waals surface area contributed by atoms with Gasteiger partial charge in [-0.2, -0.15) is 0 Å². The molecule has 0 saturated heterocycles. The quantitative estimate of drug-likeness (QED) is 0.208. The van der Waals surface area contributed by atoms with E-state index in [1.54, 1.807) is 6.08 Å². The van der Waals surface area contributed by atoms with E-state index in [1.807, 2.05) is 74.8 Å². The number of benzene rings is 3. The largest absolute Gasteiger partial charge is 0.508 e. The number of aliphatic hydroxyl groups excluding tert-OH is 1. The Kier molecular flexibility index (Phi) is 7.97. The van der Waals surface area contributed by atoms with Crippen LogP contribution in [0.15, 0.2) is 97.7 Å². The van der Waals surface area contributed by atoms with Crippen LogP contribution in [-0.2, 0) is 0 Å². The number of anilines is 4. The zero-order valence-corrected chi connectivity index (χ0v) is 23.6. The van der Waals surface area contributed by atoms with Crippen molar-refractivity contribution in [1.29, 1.82) is 0 Å². The number of rotatable bonds is 9. The van der Waals surface area contributed by atoms with Crippen LogP contribution in [-0.4, -0.2) is 23.7 Å². The minimum absolute atomic E-state index is 0.206. The first kappa shape index (κ1) is 26.9. The summed E-state index contributed by atoms with van der Waals surface area (Å²) in [4.78, 5) is 9.17. The Labute approximate surface area is 240 Å². The van der Waals surface area contributed by atoms with Crippen LogP contribution in [0.1, 0.15) is 36.6 Å². The lowest BCUT2D eigenvalue weighted by molar-refractivity contribution is 0.511. The second kappa shape index (κ2) is 11.6. The van der Waals surface area contributed by atoms with Gasteiger partial charge in [0, 0.05) is 51.8 Å². The summed E-state index contributed by atoms with van der Waals surface area (Å²) in [5.41, 5.74) is 7.17. The molecule has 0 aliphatic heterocycles. The average Bonchev–Trinajstić information content (AvgIpc) is 3.80. The monoisotopic (exact) mass is 555 g/mol. The molecule has 0 radical (unpaired) electrons. The molecule has 1 fully saturated rings. The molecular weight excluding hydrogens is 525 g/mol. The fourth-order valence-corrected chi connectivity index (χ4v) is 4.77. The van der Waals surface area contributed by atoms with Crippen LogP contribution in [0.4, 0.5) is 22.7 Å². The van der Waals surface area contributed by atoms with Gasteiger partial charge >= 0.3 is 0 Å². The Morgan fingerprint density at radius 1 is 0.872 bits per heavy atom. The number of allylic oxidation sites excluding steroid dienone is 1. The number of aromatic nitrogens is 1. The second-order valence-corrected chi connectivity index (χ2v) is 10.8. The number of pyridine rings is 1. The SMILES string of the molecule is C=C(c1cc(/C(O)=C\C)cc(N(C)c2ccc(Cl)cc2)c1)c1ccc(N(CC2CC2)c2ccc(Cl)cc2)cn1. The molecule has 4 nitrogen and oxygen atoms in total. The Morgan fingerprint density at radius 2 is 1.46 bits per heavy atom. The van der Waals surface area contributed by atoms with Crippen molar-refractivity contribution in [2.45, 2.75) is 19.8 Å². The summed E-state index contributed by atoms with van der Waals surface area (Å²) in [6.07, 6.45) is 6.11. The lowest BCUT2D eigenvalue weighted by Gasteiger charge is -2.25. The van der Waals surface area contributed by atoms with Gasteiger partial charge < -0.3 is 14.9 Å². The first-order valence-electron chi connectivity index (χ1n) is 13.0. The predicted molar refractivity (Wildman–Crippen MR) is 166 cm³/mol. The van der Waals surface area contributed by atoms with Crippen LogP contribution in [0.25, 0.3) is 11.3 Å². The first-order valence-corrected chi connectivity index (χ1v) is 13.8. The summed E-state index contributed by atoms with van der Waals surface area (Å²) in [6, 6.07) is 25.7. The third-order valence-electron chi connectivity index (χ3n) is 7.08. The third-order valence-corrected chi connectivity index (χ3v) is 7.59. The Balaban J connectivity index is 1.46. The Bertz CT molecular complexity index is 1490. The van der Waals surface area contributed by atoms with E-state index in [0.717, 1.165) is 51.1 Å². The van der Waals surface area contributed by atoms with E-state index >= 15 is 0 Å². The maximum absolute atomic E-state index is 10.6. The van der Waals surface area contributed by atoms with Gasteiger partial charge in [0.2, 0.25) is 0 Å². The van der Waals surface area contributed by atoms with E-state index in [2.05, 4.69) is 40.6 Å². The number of hydrogen-bond donors (Lipinski definition) is 1. The maximum Gasteiger partial charge on any atom is 0.118 e. The van der Waals surface area contributed by atoms with Crippen LogP contribution in [0.3, 0.4) is 0 Å². The Hall–Kier alpha value is -3.73. The van der Waals surface area contributed by atoms with Crippen molar-refractivity contribution in [3.63, 3.8) is 0 Å². The molecule has 1 aliphatic carbocycles. The molecular formula is C33H31Cl2N3O. The molecule has 0 spiro atoms. The molecule has 0 atom stereocenters. The summed E-state index contributed by atoms with van der Waals surface area (Å²) < 4.78 is 0. The van der Waals surface area contributed by atoms with Crippen molar-refractivity contribution in [2.24, 2.45) is 5.92 Å². The number of aliphatic hydroxyl groups is 1. The van der Waals surface area contributed by atoms with Crippen molar-refractivity contribution < 1.29 is 5.11 Å². The van der Waals surface area contributed by atoms with E-state index < -0.39 is 0 Å². The minimum Gasteiger partial charge on any atom is -0.508 e. The van der Waals surface area contributed by atoms with Gasteiger partial charge in [-0.05, 0) is 116 Å². The highest BCUT2D eigenvalue weighted by Crippen LogP contribution is 2.36. The topological polar surface area (TPSA) is 39.6 Å². The summed E-state index contributed by atoms with van der Waals surface area (Å²) in [6.45, 7) is 7.15. The van der Waals surface area contributed by atoms with Gasteiger partial charge in [0.25, 0.3) is 0 Å². The maximum atomic E-state index is 10.6. The Morgan fingerprint density at radius 3 is 2.03 bits per heavy atom. The predicted octanol–water partition coefficient (Wildman–Crippen LogP) is 9.68. The molecule has 1 aliphatic rings. The molecule has 5 rings (SSSR count). The minimum atomic E-state index is 0.206. The van der Waals surface area contributed by atoms with Gasteiger partial charge in [-0.25, -0.2) is 0 Å². The van der Waals surface area contributed by atoms with E-state index in [-0.39, 0.29) is 5.76 Å². The van der Waals surface area contributed by atoms with Crippen LogP contribution in [0.2, 0.25) is 10.0 Å². The summed E-state index contributed by atoms with van der Waals surface area (Å²) in [5, 5.41) is 12.0. The molecule has 1 N–H and O–H groups in total. The van der Waals surface area contributed by atoms with E-state index in [0.29, 0.717) is 16.5 Å². The molecule has 198 valence electrons. The zero-order chi connectivity index (χ0) is 27.5. The molecule has 1 heterocycles. The number of halogens is 2. The van der Waals surface area contributed by atoms with Gasteiger partial charge in [-0.15, -0.1) is 0 Å². The smallest absolute Gasteiger partial charge is 0.118 e. The lowest BCUT2D eigenvalue weighted by atomic mass is 9.99. The van der Waals surface area contributed by atoms with Crippen LogP contribution < -0.4 is 9.80 Å². The highest BCUT2D eigenvalue weighted by Gasteiger charge is 2.25. The fourth-order valence-electron chi connectivity index (χ4n) is 4.52. The van der Waals surface area contributed by atoms with Gasteiger partial charge in [0.1, 0.15) is 5.76 Å². The molecule has 1 saturated carbocycles. The molecule has 0 unspecified atom stereocenters. The fraction of sp³-hybridized carbons (Fsp3) is 0.182. The normalized spacial score (nSPS) is 13.3. The van der Waals surface area contributed by atoms with Crippen LogP contribution in [0.5, 0.6) is 0 Å². The second-order valence-electron chi connectivity index (χ2n) is 9.89. The molecule has 3 aromatic carbocycles. The summed E-state index contributed by atoms with van der Waals surface area (Å²) >= 11 is 12.2. The van der Waals surface area contributed by atoms with Gasteiger partial charge in [0.05, 0.1) is 17.6 Å². The van der Waals surface area contributed by atoms with Gasteiger partial charge in [-0.3, -0.25) is 4.98 Å². The van der Waals surface area contributed by atoms with E-state index in [9.17, 15) is 5.11 Å². The van der Waals surface area contributed by atoms with Crippen LogP contribution >= 0.6 is 23.2 Å². The molecule has 6 heteroatoms. The third kappa shape index (κ3) is 6.30. The standard InChI is InChI=1S/C33H31Cl2N3O/c1-4-33(39)25-17-24(18-31(19-25)37(3)28-11-7-26(34)8-12-28)22(2)32-16-15-30(20-36-32)38(21-23-5-6-23)29-13-9-27(35)10-14-29/h4,7-20,23,39H,2,5-6,21H2,1,3H3/b33-4+. The molecule has 39 heavy (non-hydrogen) atoms. The highest BCUT2D eigenvalue weighted by atomic mass is 35.5. The lowest BCUT2D eigenvalue weighted by Crippen LogP contribution is -2.20. The summed E-state index contributed by atoms with van der Waals surface area (Å²) in [5.74, 6) is 0.908. The van der Waals surface area contributed by atoms with Crippen molar-refractivity contribution in [3.05, 3.63) is 125 Å². The van der Waals surface area contributed by atoms with Gasteiger partial charge in [-0.1, -0.05) is 29.8 Å². The number of nitrogens with zero attached hydrogens (tertiary/aromatic N) is 3. The molecule has 0 bridgehead atoms. The first-order chi connectivity index (χ1) is 18.8. The van der Waals surface area contributed by atoms with E-state index in [4.69, 9.17) is 28.2 Å². The summed E-state index contributed by atoms with van der Waals surface area (Å²) in [7, 11) is 1.99. The van der Waals surface area contributed by atoms with Crippen LogP contribution in [0, 0.1) is 5.92 Å². The van der Waals surface area contributed by atoms with E-state index in [1.165, 1.54) is 12.8 Å². The van der Waals surface area contributed by atoms with Crippen molar-refractivity contribution in [3.8, 4) is 0 Å². The molecule has 4 aromatic rings. The highest BCUT2D eigenvalue weighted by molar-refractivity contribution is 6.30. The number of hydrogen-bond acceptors (Lipinski definition) is 4. The molecule has 1 aromatic heterocycles. The van der Waals surface area contributed by atoms with Crippen molar-refractivity contribution >= 4 is 57.3 Å². The molecule has 0 amide bonds. The average molecular weight is 557 g/mol. The zero-order valence-electron chi connectivity index (χ0n) is 22.1. The van der Waals surface area contributed by atoms with Gasteiger partial charge in [0.15, 0.2) is 0 Å².